The zero-order chi connectivity index (χ0) is 13.8. The van der Waals surface area contributed by atoms with Crippen molar-refractivity contribution in [2.75, 3.05) is 13.1 Å². The van der Waals surface area contributed by atoms with Gasteiger partial charge in [0.1, 0.15) is 0 Å². The summed E-state index contributed by atoms with van der Waals surface area (Å²) in [5, 5.41) is 0.239. The Morgan fingerprint density at radius 3 is 2.17 bits per heavy atom. The van der Waals surface area contributed by atoms with Gasteiger partial charge >= 0.3 is 0 Å². The molecule has 0 aromatic heterocycles. The molecule has 0 aromatic rings. The van der Waals surface area contributed by atoms with Crippen molar-refractivity contribution in [3.05, 3.63) is 24.6 Å². The third-order valence-electron chi connectivity index (χ3n) is 4.09. The largest absolute Gasteiger partial charge is 0.532 e. The smallest absolute Gasteiger partial charge is 0.252 e. The molecule has 0 bridgehead atoms. The van der Waals surface area contributed by atoms with Crippen molar-refractivity contribution in [1.29, 1.82) is 0 Å². The average Bonchev–Trinajstić information content (AvgIpc) is 2.28. The van der Waals surface area contributed by atoms with Crippen LogP contribution in [-0.2, 0) is 4.43 Å². The van der Waals surface area contributed by atoms with Gasteiger partial charge < -0.3 is 9.33 Å². The second kappa shape index (κ2) is 5.96. The molecule has 104 valence electrons. The van der Waals surface area contributed by atoms with Crippen LogP contribution in [0.25, 0.3) is 0 Å². The summed E-state index contributed by atoms with van der Waals surface area (Å²) in [6.07, 6.45) is 7.77. The molecule has 0 aliphatic carbocycles. The molecule has 1 saturated heterocycles. The van der Waals surface area contributed by atoms with Crippen LogP contribution < -0.4 is 0 Å². The lowest BCUT2D eigenvalue weighted by Crippen LogP contribution is -2.44. The third kappa shape index (κ3) is 3.90. The molecule has 3 heteroatoms. The molecule has 2 nitrogen and oxygen atoms in total. The first-order chi connectivity index (χ1) is 8.28. The monoisotopic (exact) mass is 267 g/mol. The maximum absolute atomic E-state index is 6.44. The van der Waals surface area contributed by atoms with E-state index in [2.05, 4.69) is 45.3 Å². The van der Waals surface area contributed by atoms with Gasteiger partial charge in [-0.05, 0) is 43.5 Å². The minimum Gasteiger partial charge on any atom is -0.532 e. The number of nitrogens with zero attached hydrogens (tertiary/aromatic N) is 1. The van der Waals surface area contributed by atoms with Crippen molar-refractivity contribution < 1.29 is 4.43 Å². The second-order valence-corrected chi connectivity index (χ2v) is 11.4. The standard InChI is InChI=1S/C15H29NOSi/c1-7-11-14(16-12-9-8-10-13-16)17-18(5,6)15(2,3)4/h7,11H,1,8-10,12-13H2,2-6H3/b14-11+. The molecule has 1 fully saturated rings. The first-order valence-electron chi connectivity index (χ1n) is 7.04. The van der Waals surface area contributed by atoms with Crippen LogP contribution in [0, 0.1) is 0 Å². The van der Waals surface area contributed by atoms with Crippen molar-refractivity contribution in [3.8, 4) is 0 Å². The Bertz CT molecular complexity index is 309. The minimum atomic E-state index is -1.75. The van der Waals surface area contributed by atoms with Crippen molar-refractivity contribution in [2.45, 2.75) is 58.2 Å². The molecule has 0 N–H and O–H groups in total. The van der Waals surface area contributed by atoms with Crippen LogP contribution in [0.4, 0.5) is 0 Å². The summed E-state index contributed by atoms with van der Waals surface area (Å²) in [5.74, 6) is 1.04. The summed E-state index contributed by atoms with van der Waals surface area (Å²) >= 11 is 0. The lowest BCUT2D eigenvalue weighted by atomic mass is 10.1. The normalized spacial score (nSPS) is 18.7. The summed E-state index contributed by atoms with van der Waals surface area (Å²) < 4.78 is 6.44. The van der Waals surface area contributed by atoms with Crippen LogP contribution >= 0.6 is 0 Å². The Morgan fingerprint density at radius 2 is 1.72 bits per heavy atom. The Kier molecular flexibility index (Phi) is 5.08. The second-order valence-electron chi connectivity index (χ2n) is 6.65. The highest BCUT2D eigenvalue weighted by molar-refractivity contribution is 6.74. The van der Waals surface area contributed by atoms with E-state index >= 15 is 0 Å². The van der Waals surface area contributed by atoms with E-state index in [-0.39, 0.29) is 5.04 Å². The predicted octanol–water partition coefficient (Wildman–Crippen LogP) is 4.52. The first kappa shape index (κ1) is 15.4. The van der Waals surface area contributed by atoms with E-state index in [9.17, 15) is 0 Å². The molecule has 1 heterocycles. The highest BCUT2D eigenvalue weighted by atomic mass is 28.4. The number of rotatable bonds is 4. The van der Waals surface area contributed by atoms with Gasteiger partial charge in [0.2, 0.25) is 0 Å². The van der Waals surface area contributed by atoms with E-state index < -0.39 is 8.32 Å². The molecule has 0 amide bonds. The van der Waals surface area contributed by atoms with Crippen LogP contribution in [0.3, 0.4) is 0 Å². The predicted molar refractivity (Wildman–Crippen MR) is 82.0 cm³/mol. The zero-order valence-corrected chi connectivity index (χ0v) is 13.8. The SMILES string of the molecule is C=C/C=C(/O[Si](C)(C)C(C)(C)C)N1CCCCC1. The van der Waals surface area contributed by atoms with E-state index in [0.717, 1.165) is 19.0 Å². The molecule has 0 saturated carbocycles. The molecular formula is C15H29NOSi. The summed E-state index contributed by atoms with van der Waals surface area (Å²) in [6, 6.07) is 0. The Balaban J connectivity index is 2.80. The highest BCUT2D eigenvalue weighted by Gasteiger charge is 2.40. The fourth-order valence-corrected chi connectivity index (χ4v) is 2.86. The number of allylic oxidation sites excluding steroid dienone is 2. The molecule has 0 spiro atoms. The zero-order valence-electron chi connectivity index (χ0n) is 12.8. The lowest BCUT2D eigenvalue weighted by molar-refractivity contribution is 0.178. The summed E-state index contributed by atoms with van der Waals surface area (Å²) in [7, 11) is -1.75. The maximum Gasteiger partial charge on any atom is 0.252 e. The quantitative estimate of drug-likeness (QED) is 0.422. The van der Waals surface area contributed by atoms with Crippen molar-refractivity contribution in [3.63, 3.8) is 0 Å². The van der Waals surface area contributed by atoms with Gasteiger partial charge in [-0.1, -0.05) is 33.4 Å². The molecule has 0 radical (unpaired) electrons. The van der Waals surface area contributed by atoms with Crippen LogP contribution in [0.15, 0.2) is 24.6 Å². The first-order valence-corrected chi connectivity index (χ1v) is 9.95. The molecule has 0 aromatic carbocycles. The molecule has 1 rings (SSSR count). The summed E-state index contributed by atoms with van der Waals surface area (Å²) in [5.41, 5.74) is 0. The number of hydrogen-bond donors (Lipinski definition) is 0. The highest BCUT2D eigenvalue weighted by Crippen LogP contribution is 2.38. The number of likely N-dealkylation sites (tertiary alicyclic amines) is 1. The summed E-state index contributed by atoms with van der Waals surface area (Å²) in [6.45, 7) is 17.5. The topological polar surface area (TPSA) is 12.5 Å². The number of piperidine rings is 1. The average molecular weight is 267 g/mol. The van der Waals surface area contributed by atoms with Gasteiger partial charge in [-0.25, -0.2) is 0 Å². The van der Waals surface area contributed by atoms with Crippen LogP contribution in [0.1, 0.15) is 40.0 Å². The van der Waals surface area contributed by atoms with E-state index in [1.165, 1.54) is 19.3 Å². The van der Waals surface area contributed by atoms with Gasteiger partial charge in [-0.3, -0.25) is 0 Å². The van der Waals surface area contributed by atoms with Gasteiger partial charge in [-0.2, -0.15) is 0 Å². The molecule has 0 unspecified atom stereocenters. The number of hydrogen-bond acceptors (Lipinski definition) is 2. The Labute approximate surface area is 114 Å². The van der Waals surface area contributed by atoms with Gasteiger partial charge in [0.05, 0.1) is 0 Å². The van der Waals surface area contributed by atoms with Gasteiger partial charge in [0.15, 0.2) is 5.88 Å². The molecule has 18 heavy (non-hydrogen) atoms. The third-order valence-corrected chi connectivity index (χ3v) is 8.43. The maximum atomic E-state index is 6.44. The van der Waals surface area contributed by atoms with Gasteiger partial charge in [0, 0.05) is 13.1 Å². The fourth-order valence-electron chi connectivity index (χ4n) is 1.83. The fraction of sp³-hybridized carbons (Fsp3) is 0.733. The van der Waals surface area contributed by atoms with E-state index in [0.29, 0.717) is 0 Å². The lowest BCUT2D eigenvalue weighted by Gasteiger charge is -2.41. The Hall–Kier alpha value is -0.703. The van der Waals surface area contributed by atoms with Crippen molar-refractivity contribution in [2.24, 2.45) is 0 Å². The molecular weight excluding hydrogens is 238 g/mol. The van der Waals surface area contributed by atoms with Crippen molar-refractivity contribution in [1.82, 2.24) is 4.90 Å². The van der Waals surface area contributed by atoms with E-state index in [1.54, 1.807) is 0 Å². The van der Waals surface area contributed by atoms with Gasteiger partial charge in [-0.15, -0.1) is 0 Å². The van der Waals surface area contributed by atoms with E-state index in [1.807, 2.05) is 12.2 Å². The van der Waals surface area contributed by atoms with Crippen LogP contribution in [0.2, 0.25) is 18.1 Å². The summed E-state index contributed by atoms with van der Waals surface area (Å²) in [4.78, 5) is 2.38. The molecule has 0 atom stereocenters. The van der Waals surface area contributed by atoms with E-state index in [4.69, 9.17) is 4.43 Å². The van der Waals surface area contributed by atoms with Crippen LogP contribution in [0.5, 0.6) is 0 Å². The van der Waals surface area contributed by atoms with Crippen LogP contribution in [-0.4, -0.2) is 26.3 Å². The molecule has 1 aliphatic rings. The van der Waals surface area contributed by atoms with Crippen molar-refractivity contribution >= 4 is 8.32 Å². The Morgan fingerprint density at radius 1 is 1.17 bits per heavy atom. The molecule has 1 aliphatic heterocycles. The van der Waals surface area contributed by atoms with Gasteiger partial charge in [0.25, 0.3) is 8.32 Å². The minimum absolute atomic E-state index is 0.239.